The van der Waals surface area contributed by atoms with E-state index in [1.54, 1.807) is 11.6 Å². The molecule has 0 aliphatic carbocycles. The van der Waals surface area contributed by atoms with Crippen LogP contribution in [0, 0.1) is 6.92 Å². The van der Waals surface area contributed by atoms with Crippen molar-refractivity contribution in [3.63, 3.8) is 0 Å². The van der Waals surface area contributed by atoms with Crippen LogP contribution in [0.15, 0.2) is 28.9 Å². The molecule has 122 valence electrons. The minimum absolute atomic E-state index is 0.0539. The number of aryl methyl sites for hydroxylation is 1. The molecule has 1 atom stereocenters. The van der Waals surface area contributed by atoms with Crippen LogP contribution in [0.2, 0.25) is 0 Å². The Kier molecular flexibility index (Phi) is 3.20. The normalized spacial score (nSPS) is 13.0. The van der Waals surface area contributed by atoms with Gasteiger partial charge in [0.05, 0.1) is 18.0 Å². The van der Waals surface area contributed by atoms with Crippen LogP contribution in [0.5, 0.6) is 0 Å². The van der Waals surface area contributed by atoms with Crippen molar-refractivity contribution in [2.75, 3.05) is 12.3 Å². The van der Waals surface area contributed by atoms with Gasteiger partial charge >= 0.3 is 0 Å². The van der Waals surface area contributed by atoms with E-state index in [-0.39, 0.29) is 12.6 Å². The quantitative estimate of drug-likeness (QED) is 0.592. The number of hydrogen-bond acceptors (Lipinski definition) is 7. The van der Waals surface area contributed by atoms with Gasteiger partial charge < -0.3 is 15.3 Å². The van der Waals surface area contributed by atoms with Crippen molar-refractivity contribution in [1.82, 2.24) is 24.7 Å². The Morgan fingerprint density at radius 1 is 1.33 bits per heavy atom. The minimum Gasteiger partial charge on any atom is -0.441 e. The number of aliphatic hydroxyl groups excluding tert-OH is 1. The fraction of sp³-hybridized carbons (Fsp3) is 0.250. The molecule has 0 saturated carbocycles. The molecular weight excluding hydrogens is 308 g/mol. The molecule has 1 aromatic carbocycles. The fourth-order valence-corrected chi connectivity index (χ4v) is 2.77. The molecule has 24 heavy (non-hydrogen) atoms. The molecule has 0 spiro atoms. The first-order valence-corrected chi connectivity index (χ1v) is 7.55. The SMILES string of the molecule is Cc1nc2cc(-c3nn(C(C)CO)c4ncnc(N)c34)ccc2o1. The van der Waals surface area contributed by atoms with E-state index < -0.39 is 0 Å². The molecule has 3 N–H and O–H groups in total. The molecule has 4 rings (SSSR count). The number of nitrogens with two attached hydrogens (primary N) is 1. The van der Waals surface area contributed by atoms with Crippen molar-refractivity contribution >= 4 is 28.0 Å². The van der Waals surface area contributed by atoms with Crippen LogP contribution in [0.1, 0.15) is 18.9 Å². The van der Waals surface area contributed by atoms with Gasteiger partial charge in [-0.05, 0) is 25.1 Å². The maximum Gasteiger partial charge on any atom is 0.192 e. The lowest BCUT2D eigenvalue weighted by molar-refractivity contribution is 0.232. The van der Waals surface area contributed by atoms with Gasteiger partial charge in [-0.15, -0.1) is 0 Å². The molecule has 3 heterocycles. The van der Waals surface area contributed by atoms with E-state index in [9.17, 15) is 5.11 Å². The molecule has 0 saturated heterocycles. The summed E-state index contributed by atoms with van der Waals surface area (Å²) in [5.74, 6) is 0.956. The highest BCUT2D eigenvalue weighted by molar-refractivity contribution is 5.99. The van der Waals surface area contributed by atoms with Crippen molar-refractivity contribution in [3.05, 3.63) is 30.4 Å². The number of anilines is 1. The Morgan fingerprint density at radius 3 is 2.96 bits per heavy atom. The van der Waals surface area contributed by atoms with E-state index in [0.29, 0.717) is 34.0 Å². The average molecular weight is 324 g/mol. The Morgan fingerprint density at radius 2 is 2.17 bits per heavy atom. The number of rotatable bonds is 3. The van der Waals surface area contributed by atoms with E-state index in [2.05, 4.69) is 20.1 Å². The van der Waals surface area contributed by atoms with Crippen molar-refractivity contribution in [2.24, 2.45) is 0 Å². The predicted octanol–water partition coefficient (Wildman–Crippen LogP) is 2.08. The molecule has 1 unspecified atom stereocenters. The Labute approximate surface area is 137 Å². The summed E-state index contributed by atoms with van der Waals surface area (Å²) in [5, 5.41) is 14.8. The summed E-state index contributed by atoms with van der Waals surface area (Å²) in [6.45, 7) is 3.61. The smallest absolute Gasteiger partial charge is 0.192 e. The highest BCUT2D eigenvalue weighted by Gasteiger charge is 2.20. The zero-order chi connectivity index (χ0) is 16.8. The van der Waals surface area contributed by atoms with Crippen molar-refractivity contribution < 1.29 is 9.52 Å². The lowest BCUT2D eigenvalue weighted by atomic mass is 10.1. The molecule has 8 nitrogen and oxygen atoms in total. The summed E-state index contributed by atoms with van der Waals surface area (Å²) >= 11 is 0. The molecule has 3 aromatic heterocycles. The van der Waals surface area contributed by atoms with E-state index in [4.69, 9.17) is 10.2 Å². The number of aliphatic hydroxyl groups is 1. The van der Waals surface area contributed by atoms with Gasteiger partial charge in [0.1, 0.15) is 23.4 Å². The highest BCUT2D eigenvalue weighted by Crippen LogP contribution is 2.33. The molecule has 0 bridgehead atoms. The second-order valence-corrected chi connectivity index (χ2v) is 5.70. The third-order valence-electron chi connectivity index (χ3n) is 3.97. The monoisotopic (exact) mass is 324 g/mol. The van der Waals surface area contributed by atoms with Gasteiger partial charge in [-0.2, -0.15) is 5.10 Å². The number of hydrogen-bond donors (Lipinski definition) is 2. The first-order valence-electron chi connectivity index (χ1n) is 7.55. The van der Waals surface area contributed by atoms with E-state index in [1.165, 1.54) is 6.33 Å². The molecule has 8 heteroatoms. The maximum absolute atomic E-state index is 9.48. The molecule has 0 aliphatic rings. The number of oxazole rings is 1. The van der Waals surface area contributed by atoms with E-state index in [0.717, 1.165) is 11.1 Å². The Bertz CT molecular complexity index is 1050. The fourth-order valence-electron chi connectivity index (χ4n) is 2.77. The lowest BCUT2D eigenvalue weighted by Crippen LogP contribution is -2.11. The van der Waals surface area contributed by atoms with E-state index in [1.807, 2.05) is 25.1 Å². The molecule has 0 fully saturated rings. The van der Waals surface area contributed by atoms with Gasteiger partial charge in [0, 0.05) is 12.5 Å². The summed E-state index contributed by atoms with van der Waals surface area (Å²) in [6, 6.07) is 5.42. The van der Waals surface area contributed by atoms with Gasteiger partial charge in [-0.25, -0.2) is 19.6 Å². The number of benzene rings is 1. The van der Waals surface area contributed by atoms with Crippen LogP contribution >= 0.6 is 0 Å². The van der Waals surface area contributed by atoms with Crippen LogP contribution in [-0.2, 0) is 0 Å². The van der Waals surface area contributed by atoms with Crippen molar-refractivity contribution in [3.8, 4) is 11.3 Å². The molecule has 0 radical (unpaired) electrons. The van der Waals surface area contributed by atoms with Crippen LogP contribution in [-0.4, -0.2) is 36.4 Å². The van der Waals surface area contributed by atoms with Crippen LogP contribution < -0.4 is 5.73 Å². The maximum atomic E-state index is 9.48. The molecule has 4 aromatic rings. The zero-order valence-corrected chi connectivity index (χ0v) is 13.3. The largest absolute Gasteiger partial charge is 0.441 e. The van der Waals surface area contributed by atoms with Gasteiger partial charge in [-0.1, -0.05) is 0 Å². The van der Waals surface area contributed by atoms with Crippen molar-refractivity contribution in [2.45, 2.75) is 19.9 Å². The Hall–Kier alpha value is -3.00. The van der Waals surface area contributed by atoms with Crippen LogP contribution in [0.3, 0.4) is 0 Å². The Balaban J connectivity index is 2.00. The van der Waals surface area contributed by atoms with Crippen LogP contribution in [0.25, 0.3) is 33.4 Å². The summed E-state index contributed by atoms with van der Waals surface area (Å²) < 4.78 is 7.18. The van der Waals surface area contributed by atoms with Gasteiger partial charge in [0.15, 0.2) is 17.1 Å². The summed E-state index contributed by atoms with van der Waals surface area (Å²) in [6.07, 6.45) is 1.40. The molecular formula is C16H16N6O2. The summed E-state index contributed by atoms with van der Waals surface area (Å²) in [5.41, 5.74) is 9.62. The van der Waals surface area contributed by atoms with E-state index >= 15 is 0 Å². The van der Waals surface area contributed by atoms with Gasteiger partial charge in [-0.3, -0.25) is 0 Å². The second-order valence-electron chi connectivity index (χ2n) is 5.70. The minimum atomic E-state index is -0.228. The lowest BCUT2D eigenvalue weighted by Gasteiger charge is -2.08. The first-order chi connectivity index (χ1) is 11.6. The van der Waals surface area contributed by atoms with Crippen molar-refractivity contribution in [1.29, 1.82) is 0 Å². The van der Waals surface area contributed by atoms with Crippen LogP contribution in [0.4, 0.5) is 5.82 Å². The topological polar surface area (TPSA) is 116 Å². The zero-order valence-electron chi connectivity index (χ0n) is 13.3. The van der Waals surface area contributed by atoms with Gasteiger partial charge in [0.25, 0.3) is 0 Å². The van der Waals surface area contributed by atoms with Gasteiger partial charge in [0.2, 0.25) is 0 Å². The summed E-state index contributed by atoms with van der Waals surface area (Å²) in [4.78, 5) is 12.7. The number of nitrogen functional groups attached to an aromatic ring is 1. The third kappa shape index (κ3) is 2.11. The number of nitrogens with zero attached hydrogens (tertiary/aromatic N) is 5. The number of fused-ring (bicyclic) bond motifs is 2. The highest BCUT2D eigenvalue weighted by atomic mass is 16.3. The number of aromatic nitrogens is 5. The third-order valence-corrected chi connectivity index (χ3v) is 3.97. The molecule has 0 amide bonds. The first kappa shape index (κ1) is 14.6. The second kappa shape index (κ2) is 5.27. The predicted molar refractivity (Wildman–Crippen MR) is 89.3 cm³/mol. The summed E-state index contributed by atoms with van der Waals surface area (Å²) in [7, 11) is 0. The standard InChI is InChI=1S/C16H16N6O2/c1-8(6-23)22-16-13(15(17)18-7-19-16)14(21-22)10-3-4-12-11(5-10)20-9(2)24-12/h3-5,7-8,23H,6H2,1-2H3,(H2,17,18,19). The molecule has 0 aliphatic heterocycles. The average Bonchev–Trinajstić information content (AvgIpc) is 3.14.